The molecule has 0 spiro atoms. The molecule has 122 valence electrons. The van der Waals surface area contributed by atoms with E-state index in [9.17, 15) is 9.59 Å². The van der Waals surface area contributed by atoms with Crippen molar-refractivity contribution in [1.29, 1.82) is 0 Å². The lowest BCUT2D eigenvalue weighted by Gasteiger charge is -2.25. The van der Waals surface area contributed by atoms with Crippen molar-refractivity contribution >= 4 is 12.0 Å². The average molecular weight is 298 g/mol. The zero-order valence-corrected chi connectivity index (χ0v) is 14.3. The zero-order chi connectivity index (χ0) is 16.2. The van der Waals surface area contributed by atoms with Crippen LogP contribution in [0.15, 0.2) is 0 Å². The summed E-state index contributed by atoms with van der Waals surface area (Å²) in [6.45, 7) is 11.8. The van der Waals surface area contributed by atoms with E-state index >= 15 is 0 Å². The molecule has 0 bridgehead atoms. The lowest BCUT2D eigenvalue weighted by molar-refractivity contribution is -0.129. The fraction of sp³-hybridized carbons (Fsp3) is 0.875. The number of likely N-dealkylation sites (tertiary alicyclic amines) is 2. The van der Waals surface area contributed by atoms with E-state index in [1.54, 1.807) is 9.80 Å². The largest absolute Gasteiger partial charge is 0.444 e. The number of ether oxygens (including phenoxy) is 1. The van der Waals surface area contributed by atoms with Gasteiger partial charge >= 0.3 is 6.09 Å². The lowest BCUT2D eigenvalue weighted by Crippen LogP contribution is -2.37. The van der Waals surface area contributed by atoms with Crippen LogP contribution in [-0.4, -0.2) is 54.1 Å². The molecule has 0 saturated carbocycles. The summed E-state index contributed by atoms with van der Waals surface area (Å²) in [5.41, 5.74) is -0.450. The Morgan fingerprint density at radius 2 is 1.71 bits per heavy atom. The third-order valence-corrected chi connectivity index (χ3v) is 3.89. The highest BCUT2D eigenvalue weighted by atomic mass is 16.6. The summed E-state index contributed by atoms with van der Waals surface area (Å²) in [4.78, 5) is 27.3. The first-order chi connectivity index (χ1) is 9.76. The van der Waals surface area contributed by atoms with Crippen molar-refractivity contribution in [3.63, 3.8) is 0 Å². The molecule has 0 aliphatic carbocycles. The van der Waals surface area contributed by atoms with Crippen molar-refractivity contribution in [1.82, 2.24) is 9.80 Å². The van der Waals surface area contributed by atoms with Crippen LogP contribution >= 0.6 is 0 Å². The van der Waals surface area contributed by atoms with E-state index in [0.717, 1.165) is 19.5 Å². The summed E-state index contributed by atoms with van der Waals surface area (Å²) in [6.07, 6.45) is 1.25. The summed E-state index contributed by atoms with van der Waals surface area (Å²) < 4.78 is 5.41. The molecule has 2 unspecified atom stereocenters. The highest BCUT2D eigenvalue weighted by Crippen LogP contribution is 2.31. The molecule has 2 heterocycles. The van der Waals surface area contributed by atoms with Gasteiger partial charge in [0.1, 0.15) is 5.60 Å². The van der Waals surface area contributed by atoms with Crippen LogP contribution in [0, 0.1) is 11.8 Å². The third kappa shape index (κ3) is 4.90. The Balaban J connectivity index is 0.00000106. The molecular weight excluding hydrogens is 268 g/mol. The molecule has 5 nitrogen and oxygen atoms in total. The van der Waals surface area contributed by atoms with Crippen LogP contribution in [0.2, 0.25) is 0 Å². The van der Waals surface area contributed by atoms with Crippen LogP contribution in [-0.2, 0) is 9.53 Å². The second-order valence-corrected chi connectivity index (χ2v) is 6.72. The van der Waals surface area contributed by atoms with Gasteiger partial charge in [0.05, 0.1) is 0 Å². The van der Waals surface area contributed by atoms with E-state index in [-0.39, 0.29) is 12.0 Å². The smallest absolute Gasteiger partial charge is 0.410 e. The number of amides is 2. The molecule has 2 fully saturated rings. The number of fused-ring (bicyclic) bond motifs is 1. The van der Waals surface area contributed by atoms with Gasteiger partial charge in [0.2, 0.25) is 5.91 Å². The minimum atomic E-state index is -0.450. The Bertz CT molecular complexity index is 376. The van der Waals surface area contributed by atoms with Gasteiger partial charge in [0.25, 0.3) is 0 Å². The SMILES string of the molecule is CC.CN1CC2CN(C(=O)OC(C)(C)C)CC2CCC1=O. The molecule has 0 N–H and O–H groups in total. The number of rotatable bonds is 0. The Kier molecular flexibility index (Phi) is 6.05. The maximum atomic E-state index is 12.1. The summed E-state index contributed by atoms with van der Waals surface area (Å²) in [5, 5.41) is 0. The maximum absolute atomic E-state index is 12.1. The van der Waals surface area contributed by atoms with E-state index in [1.807, 2.05) is 41.7 Å². The van der Waals surface area contributed by atoms with Gasteiger partial charge in [-0.1, -0.05) is 13.8 Å². The van der Waals surface area contributed by atoms with Crippen molar-refractivity contribution in [2.75, 3.05) is 26.7 Å². The zero-order valence-electron chi connectivity index (χ0n) is 14.3. The molecule has 2 atom stereocenters. The molecule has 0 radical (unpaired) electrons. The van der Waals surface area contributed by atoms with Crippen molar-refractivity contribution in [3.05, 3.63) is 0 Å². The molecule has 0 aromatic carbocycles. The van der Waals surface area contributed by atoms with Gasteiger partial charge in [-0.15, -0.1) is 0 Å². The number of hydrogen-bond acceptors (Lipinski definition) is 3. The summed E-state index contributed by atoms with van der Waals surface area (Å²) in [7, 11) is 1.85. The Hall–Kier alpha value is -1.26. The van der Waals surface area contributed by atoms with Crippen molar-refractivity contribution in [3.8, 4) is 0 Å². The minimum Gasteiger partial charge on any atom is -0.444 e. The van der Waals surface area contributed by atoms with Gasteiger partial charge in [-0.3, -0.25) is 4.79 Å². The second kappa shape index (κ2) is 7.14. The molecule has 2 amide bonds. The quantitative estimate of drug-likeness (QED) is 0.691. The molecule has 21 heavy (non-hydrogen) atoms. The van der Waals surface area contributed by atoms with Crippen LogP contribution in [0.25, 0.3) is 0 Å². The maximum Gasteiger partial charge on any atom is 0.410 e. The molecule has 5 heteroatoms. The molecule has 0 aromatic heterocycles. The normalized spacial score (nSPS) is 25.7. The molecule has 2 saturated heterocycles. The van der Waals surface area contributed by atoms with E-state index in [0.29, 0.717) is 24.8 Å². The molecule has 0 aromatic rings. The van der Waals surface area contributed by atoms with Crippen LogP contribution in [0.5, 0.6) is 0 Å². The van der Waals surface area contributed by atoms with E-state index in [4.69, 9.17) is 4.74 Å². The Morgan fingerprint density at radius 3 is 2.29 bits per heavy atom. The van der Waals surface area contributed by atoms with E-state index in [1.165, 1.54) is 0 Å². The number of nitrogens with zero attached hydrogens (tertiary/aromatic N) is 2. The number of carbonyl (C=O) groups is 2. The first-order valence-electron chi connectivity index (χ1n) is 7.98. The third-order valence-electron chi connectivity index (χ3n) is 3.89. The summed E-state index contributed by atoms with van der Waals surface area (Å²) in [6, 6.07) is 0. The fourth-order valence-corrected chi connectivity index (χ4v) is 2.90. The van der Waals surface area contributed by atoms with Crippen LogP contribution in [0.1, 0.15) is 47.5 Å². The Morgan fingerprint density at radius 1 is 1.14 bits per heavy atom. The number of hydrogen-bond donors (Lipinski definition) is 0. The van der Waals surface area contributed by atoms with Gasteiger partial charge in [0.15, 0.2) is 0 Å². The van der Waals surface area contributed by atoms with Crippen molar-refractivity contribution < 1.29 is 14.3 Å². The van der Waals surface area contributed by atoms with Gasteiger partial charge in [0, 0.05) is 33.1 Å². The topological polar surface area (TPSA) is 49.9 Å². The minimum absolute atomic E-state index is 0.221. The number of carbonyl (C=O) groups excluding carboxylic acids is 2. The first-order valence-corrected chi connectivity index (χ1v) is 7.98. The fourth-order valence-electron chi connectivity index (χ4n) is 2.90. The van der Waals surface area contributed by atoms with Crippen LogP contribution in [0.4, 0.5) is 4.79 Å². The van der Waals surface area contributed by atoms with E-state index < -0.39 is 5.60 Å². The van der Waals surface area contributed by atoms with Crippen LogP contribution < -0.4 is 0 Å². The molecule has 2 aliphatic heterocycles. The van der Waals surface area contributed by atoms with Crippen LogP contribution in [0.3, 0.4) is 0 Å². The molecular formula is C16H30N2O3. The van der Waals surface area contributed by atoms with Crippen molar-refractivity contribution in [2.45, 2.75) is 53.1 Å². The van der Waals surface area contributed by atoms with Crippen molar-refractivity contribution in [2.24, 2.45) is 11.8 Å². The summed E-state index contributed by atoms with van der Waals surface area (Å²) >= 11 is 0. The van der Waals surface area contributed by atoms with Gasteiger partial charge < -0.3 is 14.5 Å². The van der Waals surface area contributed by atoms with Gasteiger partial charge in [-0.2, -0.15) is 0 Å². The highest BCUT2D eigenvalue weighted by Gasteiger charge is 2.39. The second-order valence-electron chi connectivity index (χ2n) is 6.72. The summed E-state index contributed by atoms with van der Waals surface area (Å²) in [5.74, 6) is 1.05. The lowest BCUT2D eigenvalue weighted by atomic mass is 9.93. The molecule has 2 rings (SSSR count). The first kappa shape index (κ1) is 17.8. The standard InChI is InChI=1S/C14H24N2O3.C2H6/c1-14(2,3)19-13(18)16-8-10-5-6-12(17)15(4)7-11(10)9-16;1-2/h10-11H,5-9H2,1-4H3;1-2H3. The highest BCUT2D eigenvalue weighted by molar-refractivity contribution is 5.76. The van der Waals surface area contributed by atoms with Gasteiger partial charge in [-0.05, 0) is 39.0 Å². The van der Waals surface area contributed by atoms with E-state index in [2.05, 4.69) is 0 Å². The monoisotopic (exact) mass is 298 g/mol. The predicted molar refractivity (Wildman–Crippen MR) is 83.0 cm³/mol. The van der Waals surface area contributed by atoms with Gasteiger partial charge in [-0.25, -0.2) is 4.79 Å². The average Bonchev–Trinajstić information content (AvgIpc) is 2.74. The Labute approximate surface area is 128 Å². The molecule has 2 aliphatic rings. The predicted octanol–water partition coefficient (Wildman–Crippen LogP) is 2.75.